The smallest absolute Gasteiger partial charge is 0.496 e. The molecule has 2 heterocycles. The van der Waals surface area contributed by atoms with Gasteiger partial charge in [0.25, 0.3) is 10.0 Å². The molecule has 0 atom stereocenters. The molecule has 224 valence electrons. The number of halogens is 1. The van der Waals surface area contributed by atoms with Crippen LogP contribution in [-0.2, 0) is 27.9 Å². The number of methoxy groups -OCH3 is 1. The quantitative estimate of drug-likeness (QED) is 0.174. The second-order valence-electron chi connectivity index (χ2n) is 9.68. The summed E-state index contributed by atoms with van der Waals surface area (Å²) >= 11 is 6.94. The maximum atomic E-state index is 13.0. The monoisotopic (exact) mass is 634 g/mol. The first-order valence-corrected chi connectivity index (χ1v) is 15.8. The minimum Gasteiger partial charge on any atom is -0.496 e. The van der Waals surface area contributed by atoms with Crippen molar-refractivity contribution in [1.29, 1.82) is 0 Å². The van der Waals surface area contributed by atoms with Gasteiger partial charge in [0.15, 0.2) is 5.82 Å². The number of thiophene rings is 1. The summed E-state index contributed by atoms with van der Waals surface area (Å²) in [7, 11) is -2.35. The van der Waals surface area contributed by atoms with E-state index in [1.54, 1.807) is 16.8 Å². The zero-order chi connectivity index (χ0) is 30.3. The van der Waals surface area contributed by atoms with Gasteiger partial charge in [-0.1, -0.05) is 61.2 Å². The summed E-state index contributed by atoms with van der Waals surface area (Å²) in [6.07, 6.45) is 3.55. The number of rotatable bonds is 9. The average Bonchev–Trinajstić information content (AvgIpc) is 3.56. The molecule has 2 aromatic heterocycles. The fourth-order valence-corrected chi connectivity index (χ4v) is 7.38. The van der Waals surface area contributed by atoms with E-state index in [1.807, 2.05) is 36.4 Å². The molecule has 0 aliphatic heterocycles. The number of ether oxygens (including phenoxy) is 1. The highest BCUT2D eigenvalue weighted by atomic mass is 35.5. The first kappa shape index (κ1) is 31.1. The maximum Gasteiger partial charge on any atom is 0.503 e. The summed E-state index contributed by atoms with van der Waals surface area (Å²) in [4.78, 5) is 21.1. The maximum absolute atomic E-state index is 13.0. The molecular weight excluding hydrogens is 604 g/mol. The predicted molar refractivity (Wildman–Crippen MR) is 161 cm³/mol. The Kier molecular flexibility index (Phi) is 10.3. The zero-order valence-electron chi connectivity index (χ0n) is 22.7. The van der Waals surface area contributed by atoms with Crippen molar-refractivity contribution >= 4 is 61.7 Å². The van der Waals surface area contributed by atoms with Crippen molar-refractivity contribution in [1.82, 2.24) is 15.1 Å². The number of fused-ring (bicyclic) bond motifs is 1. The Bertz CT molecular complexity index is 1660. The fourth-order valence-electron chi connectivity index (χ4n) is 4.89. The lowest BCUT2D eigenvalue weighted by atomic mass is 9.88. The Morgan fingerprint density at radius 3 is 2.43 bits per heavy atom. The molecular formula is C28H31ClN4O7S2. The van der Waals surface area contributed by atoms with Crippen LogP contribution in [-0.4, -0.2) is 47.6 Å². The average molecular weight is 635 g/mol. The first-order valence-electron chi connectivity index (χ1n) is 13.2. The van der Waals surface area contributed by atoms with Gasteiger partial charge in [-0.25, -0.2) is 13.2 Å². The molecule has 0 spiro atoms. The van der Waals surface area contributed by atoms with Gasteiger partial charge in [-0.3, -0.25) is 14.2 Å². The number of nitrogens with zero attached hydrogens (tertiary/aromatic N) is 2. The number of carbonyl (C=O) groups is 2. The minimum absolute atomic E-state index is 0.100. The summed E-state index contributed by atoms with van der Waals surface area (Å²) in [5.41, 5.74) is 2.69. The van der Waals surface area contributed by atoms with Crippen molar-refractivity contribution in [2.24, 2.45) is 5.92 Å². The Hall–Kier alpha value is -3.81. The third-order valence-electron chi connectivity index (χ3n) is 6.77. The van der Waals surface area contributed by atoms with Crippen molar-refractivity contribution in [2.45, 2.75) is 49.4 Å². The van der Waals surface area contributed by atoms with Crippen LogP contribution in [0.25, 0.3) is 10.9 Å². The highest BCUT2D eigenvalue weighted by Gasteiger charge is 2.23. The largest absolute Gasteiger partial charge is 0.503 e. The lowest BCUT2D eigenvalue weighted by Gasteiger charge is -2.20. The lowest BCUT2D eigenvalue weighted by Crippen LogP contribution is -2.31. The van der Waals surface area contributed by atoms with Crippen molar-refractivity contribution in [3.8, 4) is 5.75 Å². The number of carboxylic acid groups (broad SMARTS) is 2. The van der Waals surface area contributed by atoms with Crippen LogP contribution in [0.4, 0.5) is 10.6 Å². The van der Waals surface area contributed by atoms with Crippen LogP contribution in [0, 0.1) is 5.92 Å². The Balaban J connectivity index is 0.000000952. The van der Waals surface area contributed by atoms with Gasteiger partial charge in [0, 0.05) is 12.5 Å². The predicted octanol–water partition coefficient (Wildman–Crippen LogP) is 6.03. The molecule has 0 radical (unpaired) electrons. The van der Waals surface area contributed by atoms with E-state index in [9.17, 15) is 13.2 Å². The number of sulfonamides is 1. The van der Waals surface area contributed by atoms with Gasteiger partial charge in [-0.05, 0) is 48.2 Å². The standard InChI is InChI=1S/C27H29ClN4O4S2.CH2O3/c1-36-22-12-6-11-21-25(22)26(31-38(34,35)24-14-13-23(28)37-24)30-32(21)17-19-8-5-7-18(15-19)16-29-27(33)20-9-3-2-4-10-20;2-1(3)4/h5-8,11-15,20H,2-4,9-10,16-17H2,1H3,(H,29,33)(H,30,31);(H2,2,3,4). The van der Waals surface area contributed by atoms with Gasteiger partial charge in [-0.15, -0.1) is 11.3 Å². The molecule has 4 aromatic rings. The minimum atomic E-state index is -3.89. The Morgan fingerprint density at radius 2 is 1.76 bits per heavy atom. The second kappa shape index (κ2) is 13.9. The van der Waals surface area contributed by atoms with Crippen LogP contribution in [0.3, 0.4) is 0 Å². The topological polar surface area (TPSA) is 160 Å². The van der Waals surface area contributed by atoms with Crippen LogP contribution in [0.1, 0.15) is 43.2 Å². The summed E-state index contributed by atoms with van der Waals surface area (Å²) in [5, 5.41) is 22.2. The van der Waals surface area contributed by atoms with Gasteiger partial charge in [0.1, 0.15) is 9.96 Å². The number of amides is 1. The summed E-state index contributed by atoms with van der Waals surface area (Å²) in [6.45, 7) is 0.867. The van der Waals surface area contributed by atoms with Crippen LogP contribution in [0.15, 0.2) is 58.8 Å². The first-order chi connectivity index (χ1) is 20.1. The van der Waals surface area contributed by atoms with Gasteiger partial charge in [0.2, 0.25) is 5.91 Å². The van der Waals surface area contributed by atoms with E-state index in [0.29, 0.717) is 28.6 Å². The van der Waals surface area contributed by atoms with E-state index in [-0.39, 0.29) is 21.9 Å². The number of carbonyl (C=O) groups excluding carboxylic acids is 1. The molecule has 4 N–H and O–H groups in total. The molecule has 11 nitrogen and oxygen atoms in total. The molecule has 0 saturated heterocycles. The number of aromatic nitrogens is 2. The van der Waals surface area contributed by atoms with E-state index in [0.717, 1.165) is 53.7 Å². The molecule has 1 aliphatic carbocycles. The van der Waals surface area contributed by atoms with Crippen molar-refractivity contribution < 1.29 is 33.0 Å². The summed E-state index contributed by atoms with van der Waals surface area (Å²) in [6, 6.07) is 16.4. The number of hydrogen-bond donors (Lipinski definition) is 4. The van der Waals surface area contributed by atoms with Crippen molar-refractivity contribution in [3.05, 3.63) is 70.1 Å². The number of benzene rings is 2. The van der Waals surface area contributed by atoms with Gasteiger partial charge in [0.05, 0.1) is 28.9 Å². The normalized spacial score (nSPS) is 13.7. The zero-order valence-corrected chi connectivity index (χ0v) is 25.1. The van der Waals surface area contributed by atoms with E-state index >= 15 is 0 Å². The molecule has 1 aliphatic rings. The molecule has 0 bridgehead atoms. The van der Waals surface area contributed by atoms with E-state index in [4.69, 9.17) is 31.3 Å². The number of nitrogens with one attached hydrogen (secondary N) is 2. The Morgan fingerprint density at radius 1 is 1.07 bits per heavy atom. The van der Waals surface area contributed by atoms with E-state index < -0.39 is 16.2 Å². The number of hydrogen-bond acceptors (Lipinski definition) is 7. The highest BCUT2D eigenvalue weighted by molar-refractivity contribution is 7.94. The van der Waals surface area contributed by atoms with Crippen LogP contribution >= 0.6 is 22.9 Å². The van der Waals surface area contributed by atoms with E-state index in [2.05, 4.69) is 15.1 Å². The van der Waals surface area contributed by atoms with Gasteiger partial charge >= 0.3 is 6.16 Å². The summed E-state index contributed by atoms with van der Waals surface area (Å²) in [5.74, 6) is 0.932. The fraction of sp³-hybridized carbons (Fsp3) is 0.321. The molecule has 1 amide bonds. The summed E-state index contributed by atoms with van der Waals surface area (Å²) < 4.78 is 36.4. The third-order valence-corrected chi connectivity index (χ3v) is 9.83. The van der Waals surface area contributed by atoms with Crippen molar-refractivity contribution in [2.75, 3.05) is 11.8 Å². The van der Waals surface area contributed by atoms with Crippen molar-refractivity contribution in [3.63, 3.8) is 0 Å². The highest BCUT2D eigenvalue weighted by Crippen LogP contribution is 2.35. The third kappa shape index (κ3) is 7.93. The molecule has 0 unspecified atom stereocenters. The second-order valence-corrected chi connectivity index (χ2v) is 13.3. The molecule has 5 rings (SSSR count). The van der Waals surface area contributed by atoms with Crippen LogP contribution in [0.2, 0.25) is 4.34 Å². The van der Waals surface area contributed by atoms with Gasteiger partial charge < -0.3 is 20.3 Å². The van der Waals surface area contributed by atoms with Gasteiger partial charge in [-0.2, -0.15) is 5.10 Å². The Labute approximate surface area is 252 Å². The molecule has 1 fully saturated rings. The lowest BCUT2D eigenvalue weighted by molar-refractivity contribution is -0.126. The van der Waals surface area contributed by atoms with Crippen LogP contribution in [0.5, 0.6) is 5.75 Å². The molecule has 1 saturated carbocycles. The molecule has 2 aromatic carbocycles. The SMILES string of the molecule is COc1cccc2c1c(NS(=O)(=O)c1ccc(Cl)s1)nn2Cc1cccc(CNC(=O)C2CCCCC2)c1.O=C(O)O. The van der Waals surface area contributed by atoms with E-state index in [1.165, 1.54) is 19.6 Å². The number of anilines is 1. The van der Waals surface area contributed by atoms with Crippen LogP contribution < -0.4 is 14.8 Å². The molecule has 42 heavy (non-hydrogen) atoms. The molecule has 14 heteroatoms.